The molecule has 0 aliphatic carbocycles. The minimum atomic E-state index is -0.426. The van der Waals surface area contributed by atoms with Crippen molar-refractivity contribution in [3.05, 3.63) is 46.3 Å². The molecule has 0 radical (unpaired) electrons. The van der Waals surface area contributed by atoms with Crippen molar-refractivity contribution in [2.45, 2.75) is 20.0 Å². The van der Waals surface area contributed by atoms with E-state index in [0.717, 1.165) is 16.9 Å². The van der Waals surface area contributed by atoms with E-state index >= 15 is 0 Å². The van der Waals surface area contributed by atoms with E-state index < -0.39 is 5.91 Å². The van der Waals surface area contributed by atoms with Crippen molar-refractivity contribution in [2.24, 2.45) is 7.05 Å². The van der Waals surface area contributed by atoms with Crippen molar-refractivity contribution in [2.75, 3.05) is 5.73 Å². The number of rotatable bonds is 4. The number of amides is 1. The molecule has 9 heteroatoms. The van der Waals surface area contributed by atoms with E-state index in [2.05, 4.69) is 31.2 Å². The summed E-state index contributed by atoms with van der Waals surface area (Å²) in [4.78, 5) is 20.3. The van der Waals surface area contributed by atoms with Crippen LogP contribution in [0.1, 0.15) is 23.2 Å². The van der Waals surface area contributed by atoms with E-state index in [1.165, 1.54) is 18.3 Å². The first-order valence-electron chi connectivity index (χ1n) is 7.65. The van der Waals surface area contributed by atoms with Crippen LogP contribution in [0, 0.1) is 5.82 Å². The second-order valence-electron chi connectivity index (χ2n) is 5.46. The Kier molecular flexibility index (Phi) is 4.67. The highest BCUT2D eigenvalue weighted by atomic mass is 79.9. The van der Waals surface area contributed by atoms with Crippen molar-refractivity contribution in [3.63, 3.8) is 0 Å². The number of hydrogen-bond donors (Lipinski definition) is 2. The molecule has 0 aliphatic rings. The summed E-state index contributed by atoms with van der Waals surface area (Å²) in [5.41, 5.74) is 7.43. The molecular weight excluding hydrogens is 391 g/mol. The van der Waals surface area contributed by atoms with Crippen LogP contribution in [-0.2, 0) is 20.1 Å². The summed E-state index contributed by atoms with van der Waals surface area (Å²) >= 11 is 3.17. The summed E-state index contributed by atoms with van der Waals surface area (Å²) in [6, 6.07) is 4.63. The van der Waals surface area contributed by atoms with Crippen LogP contribution in [0.5, 0.6) is 0 Å². The SMILES string of the molecule is CCn1c(CNC(=O)c2nc(Br)cnc2N)[n+](C)c2ccc(F)cc21. The fourth-order valence-corrected chi connectivity index (χ4v) is 3.09. The average molecular weight is 408 g/mol. The van der Waals surface area contributed by atoms with Gasteiger partial charge in [-0.25, -0.2) is 23.5 Å². The number of nitrogens with zero attached hydrogens (tertiary/aromatic N) is 4. The Bertz CT molecular complexity index is 971. The summed E-state index contributed by atoms with van der Waals surface area (Å²) in [5.74, 6) is 0.166. The monoisotopic (exact) mass is 407 g/mol. The topological polar surface area (TPSA) is 89.7 Å². The van der Waals surface area contributed by atoms with Crippen molar-refractivity contribution in [3.8, 4) is 0 Å². The quantitative estimate of drug-likeness (QED) is 0.643. The van der Waals surface area contributed by atoms with Crippen molar-refractivity contribution in [1.29, 1.82) is 0 Å². The van der Waals surface area contributed by atoms with Gasteiger partial charge in [0.15, 0.2) is 22.5 Å². The highest BCUT2D eigenvalue weighted by molar-refractivity contribution is 9.10. The number of hydrogen-bond acceptors (Lipinski definition) is 4. The Morgan fingerprint density at radius 1 is 1.48 bits per heavy atom. The molecule has 2 aromatic heterocycles. The summed E-state index contributed by atoms with van der Waals surface area (Å²) in [5, 5.41) is 2.80. The molecule has 1 amide bonds. The zero-order valence-electron chi connectivity index (χ0n) is 13.8. The number of benzene rings is 1. The van der Waals surface area contributed by atoms with Crippen LogP contribution in [0.15, 0.2) is 29.0 Å². The zero-order chi connectivity index (χ0) is 18.1. The Morgan fingerprint density at radius 2 is 2.24 bits per heavy atom. The third-order valence-corrected chi connectivity index (χ3v) is 4.38. The Morgan fingerprint density at radius 3 is 2.96 bits per heavy atom. The lowest BCUT2D eigenvalue weighted by Crippen LogP contribution is -2.38. The lowest BCUT2D eigenvalue weighted by Gasteiger charge is -2.06. The van der Waals surface area contributed by atoms with Crippen LogP contribution >= 0.6 is 15.9 Å². The molecule has 130 valence electrons. The summed E-state index contributed by atoms with van der Waals surface area (Å²) in [7, 11) is 1.88. The summed E-state index contributed by atoms with van der Waals surface area (Å²) in [6.45, 7) is 2.85. The van der Waals surface area contributed by atoms with Gasteiger partial charge in [0, 0.05) is 6.07 Å². The highest BCUT2D eigenvalue weighted by Gasteiger charge is 2.23. The van der Waals surface area contributed by atoms with Crippen LogP contribution in [0.25, 0.3) is 11.0 Å². The van der Waals surface area contributed by atoms with Crippen LogP contribution in [0.3, 0.4) is 0 Å². The second-order valence-corrected chi connectivity index (χ2v) is 6.27. The number of carbonyl (C=O) groups is 1. The normalized spacial score (nSPS) is 11.0. The van der Waals surface area contributed by atoms with Gasteiger partial charge < -0.3 is 11.1 Å². The summed E-state index contributed by atoms with van der Waals surface area (Å²) in [6.07, 6.45) is 1.43. The standard InChI is InChI=1S/C16H16BrFN6O/c1-3-24-11-6-9(18)4-5-10(11)23(2)13(24)8-21-16(25)14-15(19)20-7-12(17)22-14/h4-7H,3,8H2,1-2H3,(H2-,19,20,21,25)/p+1. The van der Waals surface area contributed by atoms with Gasteiger partial charge in [0.2, 0.25) is 0 Å². The minimum Gasteiger partial charge on any atom is -0.382 e. The number of nitrogen functional groups attached to an aromatic ring is 1. The third-order valence-electron chi connectivity index (χ3n) is 4.00. The van der Waals surface area contributed by atoms with E-state index in [0.29, 0.717) is 11.1 Å². The number of anilines is 1. The van der Waals surface area contributed by atoms with Crippen LogP contribution in [-0.4, -0.2) is 20.4 Å². The van der Waals surface area contributed by atoms with Gasteiger partial charge in [0.25, 0.3) is 11.7 Å². The number of imidazole rings is 1. The fraction of sp³-hybridized carbons (Fsp3) is 0.250. The van der Waals surface area contributed by atoms with Gasteiger partial charge in [-0.15, -0.1) is 0 Å². The molecule has 0 spiro atoms. The van der Waals surface area contributed by atoms with E-state index in [-0.39, 0.29) is 23.9 Å². The number of nitrogens with one attached hydrogen (secondary N) is 1. The maximum atomic E-state index is 13.6. The van der Waals surface area contributed by atoms with Crippen molar-refractivity contribution >= 4 is 38.7 Å². The Hall–Kier alpha value is -2.55. The van der Waals surface area contributed by atoms with Crippen molar-refractivity contribution in [1.82, 2.24) is 19.9 Å². The van der Waals surface area contributed by atoms with Gasteiger partial charge in [0.05, 0.1) is 19.8 Å². The largest absolute Gasteiger partial charge is 0.382 e. The fourth-order valence-electron chi connectivity index (χ4n) is 2.81. The molecule has 0 bridgehead atoms. The molecule has 0 atom stereocenters. The molecule has 0 unspecified atom stereocenters. The number of fused-ring (bicyclic) bond motifs is 1. The maximum absolute atomic E-state index is 13.6. The molecular formula is C16H17BrFN6O+. The summed E-state index contributed by atoms with van der Waals surface area (Å²) < 4.78 is 17.9. The van der Waals surface area contributed by atoms with Crippen molar-refractivity contribution < 1.29 is 13.8 Å². The lowest BCUT2D eigenvalue weighted by atomic mass is 10.3. The Labute approximate surface area is 151 Å². The molecule has 3 N–H and O–H groups in total. The number of aromatic nitrogens is 4. The van der Waals surface area contributed by atoms with E-state index in [1.807, 2.05) is 23.1 Å². The molecule has 25 heavy (non-hydrogen) atoms. The zero-order valence-corrected chi connectivity index (χ0v) is 15.3. The minimum absolute atomic E-state index is 0.0576. The van der Waals surface area contributed by atoms with Gasteiger partial charge >= 0.3 is 0 Å². The van der Waals surface area contributed by atoms with Crippen LogP contribution in [0.4, 0.5) is 10.2 Å². The molecule has 3 rings (SSSR count). The first-order chi connectivity index (χ1) is 11.9. The molecule has 7 nitrogen and oxygen atoms in total. The second kappa shape index (κ2) is 6.75. The Balaban J connectivity index is 1.92. The molecule has 2 heterocycles. The lowest BCUT2D eigenvalue weighted by molar-refractivity contribution is -0.654. The van der Waals surface area contributed by atoms with Crippen LogP contribution < -0.4 is 15.6 Å². The maximum Gasteiger partial charge on any atom is 0.276 e. The molecule has 0 saturated heterocycles. The molecule has 0 fully saturated rings. The van der Waals surface area contributed by atoms with Gasteiger partial charge in [-0.2, -0.15) is 0 Å². The average Bonchev–Trinajstić information content (AvgIpc) is 2.85. The number of halogens is 2. The molecule has 0 saturated carbocycles. The van der Waals surface area contributed by atoms with Gasteiger partial charge in [0.1, 0.15) is 17.0 Å². The third kappa shape index (κ3) is 3.19. The number of aryl methyl sites for hydroxylation is 2. The predicted molar refractivity (Wildman–Crippen MR) is 94.1 cm³/mol. The first kappa shape index (κ1) is 17.3. The number of nitrogens with two attached hydrogens (primary N) is 1. The molecule has 1 aromatic carbocycles. The smallest absolute Gasteiger partial charge is 0.276 e. The number of carbonyl (C=O) groups excluding carboxylic acids is 1. The molecule has 0 aliphatic heterocycles. The predicted octanol–water partition coefficient (Wildman–Crippen LogP) is 1.69. The first-order valence-corrected chi connectivity index (χ1v) is 8.44. The van der Waals surface area contributed by atoms with E-state index in [1.54, 1.807) is 6.07 Å². The highest BCUT2D eigenvalue weighted by Crippen LogP contribution is 2.16. The van der Waals surface area contributed by atoms with Gasteiger partial charge in [-0.1, -0.05) is 0 Å². The van der Waals surface area contributed by atoms with Crippen LogP contribution in [0.2, 0.25) is 0 Å². The van der Waals surface area contributed by atoms with E-state index in [9.17, 15) is 9.18 Å². The van der Waals surface area contributed by atoms with E-state index in [4.69, 9.17) is 5.73 Å². The molecule has 3 aromatic rings. The van der Waals surface area contributed by atoms with Gasteiger partial charge in [-0.05, 0) is 35.0 Å². The van der Waals surface area contributed by atoms with Gasteiger partial charge in [-0.3, -0.25) is 4.79 Å².